The molecule has 1 atom stereocenters. The Hall–Kier alpha value is -4.52. The summed E-state index contributed by atoms with van der Waals surface area (Å²) in [6.45, 7) is 4.17. The summed E-state index contributed by atoms with van der Waals surface area (Å²) >= 11 is 0. The standard InChI is InChI=1S/C25H27N5O5/c1-4-30(17(2)7-6-12-26)25(32)35-20-9-5-8-18(13-20)28-24(31)29-19-10-11-21(22(14-19)33-3)23-15-27-16-34-23/h5,8-11,13-17H,4,6-7H2,1-3H3,(H2,28,29,31)/t17-/m0/s1. The van der Waals surface area contributed by atoms with Gasteiger partial charge in [0, 0.05) is 42.5 Å². The second kappa shape index (κ2) is 12.1. The Bertz CT molecular complexity index is 1190. The summed E-state index contributed by atoms with van der Waals surface area (Å²) in [7, 11) is 1.52. The molecule has 3 amide bonds. The molecule has 0 aliphatic carbocycles. The van der Waals surface area contributed by atoms with E-state index in [2.05, 4.69) is 21.7 Å². The number of amides is 3. The van der Waals surface area contributed by atoms with Crippen LogP contribution in [0, 0.1) is 11.3 Å². The molecule has 3 aromatic rings. The van der Waals surface area contributed by atoms with Crippen LogP contribution in [0.5, 0.6) is 11.5 Å². The minimum absolute atomic E-state index is 0.133. The fraction of sp³-hybridized carbons (Fsp3) is 0.280. The third-order valence-electron chi connectivity index (χ3n) is 5.24. The van der Waals surface area contributed by atoms with Crippen molar-refractivity contribution >= 4 is 23.5 Å². The number of nitrogens with zero attached hydrogens (tertiary/aromatic N) is 3. The lowest BCUT2D eigenvalue weighted by atomic mass is 10.1. The summed E-state index contributed by atoms with van der Waals surface area (Å²) in [5, 5.41) is 14.2. The molecule has 182 valence electrons. The molecule has 0 spiro atoms. The highest BCUT2D eigenvalue weighted by molar-refractivity contribution is 6.00. The number of anilines is 2. The molecule has 0 aliphatic rings. The highest BCUT2D eigenvalue weighted by Crippen LogP contribution is 2.32. The zero-order valence-corrected chi connectivity index (χ0v) is 19.8. The van der Waals surface area contributed by atoms with E-state index in [1.165, 1.54) is 13.5 Å². The smallest absolute Gasteiger partial charge is 0.415 e. The molecule has 3 rings (SSSR count). The SMILES string of the molecule is CCN(C(=O)Oc1cccc(NC(=O)Nc2ccc(-c3cnco3)c(OC)c2)c1)[C@@H](C)CCC#N. The van der Waals surface area contributed by atoms with Gasteiger partial charge in [0.25, 0.3) is 0 Å². The van der Waals surface area contributed by atoms with Crippen molar-refractivity contribution < 1.29 is 23.5 Å². The summed E-state index contributed by atoms with van der Waals surface area (Å²) in [5.74, 6) is 1.35. The Labute approximate surface area is 203 Å². The van der Waals surface area contributed by atoms with Crippen molar-refractivity contribution in [1.29, 1.82) is 5.26 Å². The molecule has 0 saturated carbocycles. The van der Waals surface area contributed by atoms with Crippen molar-refractivity contribution in [3.8, 4) is 28.9 Å². The first-order chi connectivity index (χ1) is 16.9. The van der Waals surface area contributed by atoms with Gasteiger partial charge < -0.3 is 29.4 Å². The number of oxazole rings is 1. The van der Waals surface area contributed by atoms with Crippen LogP contribution in [0.4, 0.5) is 21.0 Å². The zero-order valence-electron chi connectivity index (χ0n) is 19.8. The molecule has 0 aliphatic heterocycles. The normalized spacial score (nSPS) is 11.1. The van der Waals surface area contributed by atoms with Gasteiger partial charge >= 0.3 is 12.1 Å². The van der Waals surface area contributed by atoms with Crippen molar-refractivity contribution in [2.75, 3.05) is 24.3 Å². The molecular weight excluding hydrogens is 450 g/mol. The monoisotopic (exact) mass is 477 g/mol. The summed E-state index contributed by atoms with van der Waals surface area (Å²) in [5.41, 5.74) is 1.65. The highest BCUT2D eigenvalue weighted by Gasteiger charge is 2.20. The van der Waals surface area contributed by atoms with E-state index in [0.717, 1.165) is 0 Å². The zero-order chi connectivity index (χ0) is 25.2. The van der Waals surface area contributed by atoms with E-state index in [-0.39, 0.29) is 11.8 Å². The van der Waals surface area contributed by atoms with Crippen LogP contribution in [0.3, 0.4) is 0 Å². The Morgan fingerprint density at radius 2 is 1.97 bits per heavy atom. The number of ether oxygens (including phenoxy) is 2. The Balaban J connectivity index is 1.63. The second-order valence-corrected chi connectivity index (χ2v) is 7.59. The van der Waals surface area contributed by atoms with E-state index in [0.29, 0.717) is 47.8 Å². The highest BCUT2D eigenvalue weighted by atomic mass is 16.6. The van der Waals surface area contributed by atoms with Gasteiger partial charge in [0.15, 0.2) is 12.2 Å². The van der Waals surface area contributed by atoms with Gasteiger partial charge in [0.2, 0.25) is 0 Å². The van der Waals surface area contributed by atoms with Crippen molar-refractivity contribution in [3.05, 3.63) is 55.1 Å². The van der Waals surface area contributed by atoms with Gasteiger partial charge in [-0.25, -0.2) is 14.6 Å². The van der Waals surface area contributed by atoms with Gasteiger partial charge in [-0.2, -0.15) is 5.26 Å². The van der Waals surface area contributed by atoms with Gasteiger partial charge in [0.1, 0.15) is 11.5 Å². The lowest BCUT2D eigenvalue weighted by Crippen LogP contribution is -2.40. The van der Waals surface area contributed by atoms with E-state index in [1.807, 2.05) is 13.8 Å². The summed E-state index contributed by atoms with van der Waals surface area (Å²) in [4.78, 5) is 30.6. The fourth-order valence-electron chi connectivity index (χ4n) is 3.46. The van der Waals surface area contributed by atoms with Crippen molar-refractivity contribution in [2.24, 2.45) is 0 Å². The molecular formula is C25H27N5O5. The van der Waals surface area contributed by atoms with Crippen LogP contribution in [0.15, 0.2) is 59.5 Å². The molecule has 0 unspecified atom stereocenters. The van der Waals surface area contributed by atoms with Crippen molar-refractivity contribution in [3.63, 3.8) is 0 Å². The number of carbonyl (C=O) groups excluding carboxylic acids is 2. The second-order valence-electron chi connectivity index (χ2n) is 7.59. The minimum atomic E-state index is -0.515. The van der Waals surface area contributed by atoms with E-state index >= 15 is 0 Å². The van der Waals surface area contributed by atoms with Gasteiger partial charge in [0.05, 0.1) is 24.9 Å². The number of carbonyl (C=O) groups is 2. The maximum atomic E-state index is 12.6. The fourth-order valence-corrected chi connectivity index (χ4v) is 3.46. The van der Waals surface area contributed by atoms with Gasteiger partial charge in [-0.05, 0) is 44.5 Å². The molecule has 2 N–H and O–H groups in total. The van der Waals surface area contributed by atoms with Crippen LogP contribution >= 0.6 is 0 Å². The van der Waals surface area contributed by atoms with Crippen LogP contribution in [-0.4, -0.2) is 41.7 Å². The first kappa shape index (κ1) is 25.1. The number of rotatable bonds is 9. The minimum Gasteiger partial charge on any atom is -0.496 e. The van der Waals surface area contributed by atoms with Crippen molar-refractivity contribution in [2.45, 2.75) is 32.7 Å². The van der Waals surface area contributed by atoms with Gasteiger partial charge in [-0.15, -0.1) is 0 Å². The Kier molecular flexibility index (Phi) is 8.67. The summed E-state index contributed by atoms with van der Waals surface area (Å²) < 4.78 is 16.2. The number of benzene rings is 2. The molecule has 2 aromatic carbocycles. The average Bonchev–Trinajstić information content (AvgIpc) is 3.38. The quantitative estimate of drug-likeness (QED) is 0.416. The lowest BCUT2D eigenvalue weighted by molar-refractivity contribution is 0.136. The number of hydrogen-bond acceptors (Lipinski definition) is 7. The molecule has 35 heavy (non-hydrogen) atoms. The summed E-state index contributed by atoms with van der Waals surface area (Å²) in [6, 6.07) is 13.1. The molecule has 0 fully saturated rings. The molecule has 10 nitrogen and oxygen atoms in total. The number of aromatic nitrogens is 1. The van der Waals surface area contributed by atoms with Gasteiger partial charge in [-0.3, -0.25) is 0 Å². The molecule has 0 saturated heterocycles. The largest absolute Gasteiger partial charge is 0.496 e. The van der Waals surface area contributed by atoms with Crippen LogP contribution < -0.4 is 20.1 Å². The third kappa shape index (κ3) is 6.74. The molecule has 1 heterocycles. The Morgan fingerprint density at radius 3 is 2.63 bits per heavy atom. The van der Waals surface area contributed by atoms with Crippen LogP contribution in [0.1, 0.15) is 26.7 Å². The third-order valence-corrected chi connectivity index (χ3v) is 5.24. The summed E-state index contributed by atoms with van der Waals surface area (Å²) in [6.07, 6.45) is 3.30. The lowest BCUT2D eigenvalue weighted by Gasteiger charge is -2.26. The average molecular weight is 478 g/mol. The van der Waals surface area contributed by atoms with E-state index in [4.69, 9.17) is 19.2 Å². The van der Waals surface area contributed by atoms with Gasteiger partial charge in [-0.1, -0.05) is 6.07 Å². The predicted octanol–water partition coefficient (Wildman–Crippen LogP) is 5.51. The molecule has 0 radical (unpaired) electrons. The number of methoxy groups -OCH3 is 1. The first-order valence-corrected chi connectivity index (χ1v) is 11.1. The maximum Gasteiger partial charge on any atom is 0.415 e. The number of nitriles is 1. The topological polar surface area (TPSA) is 130 Å². The van der Waals surface area contributed by atoms with Crippen LogP contribution in [0.25, 0.3) is 11.3 Å². The molecule has 0 bridgehead atoms. The molecule has 1 aromatic heterocycles. The van der Waals surface area contributed by atoms with Crippen molar-refractivity contribution in [1.82, 2.24) is 9.88 Å². The van der Waals surface area contributed by atoms with Crippen LogP contribution in [0.2, 0.25) is 0 Å². The maximum absolute atomic E-state index is 12.6. The predicted molar refractivity (Wildman–Crippen MR) is 130 cm³/mol. The van der Waals surface area contributed by atoms with E-state index in [9.17, 15) is 9.59 Å². The Morgan fingerprint density at radius 1 is 1.20 bits per heavy atom. The first-order valence-electron chi connectivity index (χ1n) is 11.1. The van der Waals surface area contributed by atoms with E-state index < -0.39 is 12.1 Å². The van der Waals surface area contributed by atoms with Crippen LogP contribution in [-0.2, 0) is 0 Å². The van der Waals surface area contributed by atoms with E-state index in [1.54, 1.807) is 53.6 Å². The number of urea groups is 1. The molecule has 10 heteroatoms. The number of nitrogens with one attached hydrogen (secondary N) is 2. The number of hydrogen-bond donors (Lipinski definition) is 2.